The van der Waals surface area contributed by atoms with Crippen LogP contribution in [-0.2, 0) is 0 Å². The molecule has 29 heavy (non-hydrogen) atoms. The van der Waals surface area contributed by atoms with Crippen molar-refractivity contribution >= 4 is 29.4 Å². The van der Waals surface area contributed by atoms with E-state index in [2.05, 4.69) is 31.3 Å². The number of carbonyl (C=O) groups is 1. The standard InChI is InChI=1S/C23H27NO3S2/c1-15(2)21(18-8-9-19-20(14-18)27-11-10-26-19)24-22(25)16-4-6-17(7-5-16)23-28-12-3-13-29-23/h4-9,14-15,21,23H,3,10-13H2,1-2H3,(H,24,25). The van der Waals surface area contributed by atoms with Gasteiger partial charge < -0.3 is 14.8 Å². The predicted octanol–water partition coefficient (Wildman–Crippen LogP) is 5.45. The lowest BCUT2D eigenvalue weighted by Crippen LogP contribution is -2.32. The molecule has 1 unspecified atom stereocenters. The van der Waals surface area contributed by atoms with E-state index in [0.717, 1.165) is 17.1 Å². The van der Waals surface area contributed by atoms with E-state index in [-0.39, 0.29) is 17.9 Å². The number of nitrogens with one attached hydrogen (secondary N) is 1. The van der Waals surface area contributed by atoms with Gasteiger partial charge in [-0.05, 0) is 59.2 Å². The van der Waals surface area contributed by atoms with Crippen molar-refractivity contribution in [1.29, 1.82) is 0 Å². The topological polar surface area (TPSA) is 47.6 Å². The van der Waals surface area contributed by atoms with Crippen molar-refractivity contribution in [2.75, 3.05) is 24.7 Å². The predicted molar refractivity (Wildman–Crippen MR) is 121 cm³/mol. The maximum Gasteiger partial charge on any atom is 0.251 e. The molecule has 6 heteroatoms. The number of hydrogen-bond acceptors (Lipinski definition) is 5. The molecule has 1 amide bonds. The van der Waals surface area contributed by atoms with Crippen molar-refractivity contribution in [3.63, 3.8) is 0 Å². The van der Waals surface area contributed by atoms with E-state index in [4.69, 9.17) is 9.47 Å². The first-order valence-corrected chi connectivity index (χ1v) is 12.2. The van der Waals surface area contributed by atoms with Crippen LogP contribution in [0.4, 0.5) is 0 Å². The second-order valence-electron chi connectivity index (χ2n) is 7.65. The van der Waals surface area contributed by atoms with Gasteiger partial charge in [0.05, 0.1) is 10.6 Å². The maximum absolute atomic E-state index is 12.9. The first-order valence-electron chi connectivity index (χ1n) is 10.2. The number of thioether (sulfide) groups is 2. The van der Waals surface area contributed by atoms with Crippen LogP contribution >= 0.6 is 23.5 Å². The Hall–Kier alpha value is -1.79. The number of benzene rings is 2. The first kappa shape index (κ1) is 20.5. The quantitative estimate of drug-likeness (QED) is 0.684. The van der Waals surface area contributed by atoms with Gasteiger partial charge in [0.2, 0.25) is 0 Å². The molecule has 0 bridgehead atoms. The van der Waals surface area contributed by atoms with Crippen LogP contribution in [-0.4, -0.2) is 30.6 Å². The summed E-state index contributed by atoms with van der Waals surface area (Å²) >= 11 is 3.99. The van der Waals surface area contributed by atoms with Gasteiger partial charge in [0.25, 0.3) is 5.91 Å². The zero-order valence-corrected chi connectivity index (χ0v) is 18.5. The van der Waals surface area contributed by atoms with Gasteiger partial charge in [-0.1, -0.05) is 32.0 Å². The molecule has 154 valence electrons. The van der Waals surface area contributed by atoms with E-state index >= 15 is 0 Å². The van der Waals surface area contributed by atoms with Gasteiger partial charge in [-0.2, -0.15) is 0 Å². The molecule has 0 saturated carbocycles. The van der Waals surface area contributed by atoms with Gasteiger partial charge in [0, 0.05) is 5.56 Å². The molecule has 4 nitrogen and oxygen atoms in total. The Kier molecular flexibility index (Phi) is 6.60. The summed E-state index contributed by atoms with van der Waals surface area (Å²) in [6, 6.07) is 13.9. The van der Waals surface area contributed by atoms with Crippen molar-refractivity contribution < 1.29 is 14.3 Å². The molecule has 2 aliphatic rings. The third-order valence-corrected chi connectivity index (χ3v) is 8.17. The molecule has 2 aromatic rings. The van der Waals surface area contributed by atoms with Crippen LogP contribution in [0.2, 0.25) is 0 Å². The number of hydrogen-bond donors (Lipinski definition) is 1. The minimum Gasteiger partial charge on any atom is -0.486 e. The fourth-order valence-electron chi connectivity index (χ4n) is 3.58. The Morgan fingerprint density at radius 3 is 2.38 bits per heavy atom. The molecular weight excluding hydrogens is 402 g/mol. The van der Waals surface area contributed by atoms with Crippen LogP contribution < -0.4 is 14.8 Å². The van der Waals surface area contributed by atoms with Gasteiger partial charge in [0.15, 0.2) is 11.5 Å². The Morgan fingerprint density at radius 1 is 1.00 bits per heavy atom. The van der Waals surface area contributed by atoms with E-state index in [1.165, 1.54) is 23.5 Å². The molecular formula is C23H27NO3S2. The second kappa shape index (κ2) is 9.35. The molecule has 0 spiro atoms. The third-order valence-electron chi connectivity index (χ3n) is 5.15. The van der Waals surface area contributed by atoms with Crippen LogP contribution in [0, 0.1) is 5.92 Å². The van der Waals surface area contributed by atoms with E-state index in [1.54, 1.807) is 0 Å². The van der Waals surface area contributed by atoms with Gasteiger partial charge in [0.1, 0.15) is 13.2 Å². The minimum absolute atomic E-state index is 0.0471. The highest BCUT2D eigenvalue weighted by atomic mass is 32.2. The second-order valence-corrected chi connectivity index (χ2v) is 10.4. The van der Waals surface area contributed by atoms with Gasteiger partial charge >= 0.3 is 0 Å². The van der Waals surface area contributed by atoms with E-state index in [1.807, 2.05) is 53.9 Å². The highest BCUT2D eigenvalue weighted by Gasteiger charge is 2.22. The van der Waals surface area contributed by atoms with E-state index in [0.29, 0.717) is 23.4 Å². The molecule has 2 aromatic carbocycles. The number of carbonyl (C=O) groups excluding carboxylic acids is 1. The molecule has 1 N–H and O–H groups in total. The van der Waals surface area contributed by atoms with Crippen molar-refractivity contribution in [3.05, 3.63) is 59.2 Å². The summed E-state index contributed by atoms with van der Waals surface area (Å²) in [5.41, 5.74) is 3.02. The van der Waals surface area contributed by atoms with Crippen molar-refractivity contribution in [3.8, 4) is 11.5 Å². The summed E-state index contributed by atoms with van der Waals surface area (Å²) in [5, 5.41) is 3.21. The maximum atomic E-state index is 12.9. The smallest absolute Gasteiger partial charge is 0.251 e. The molecule has 0 radical (unpaired) electrons. The van der Waals surface area contributed by atoms with Crippen LogP contribution in [0.1, 0.15) is 52.4 Å². The molecule has 1 atom stereocenters. The van der Waals surface area contributed by atoms with E-state index in [9.17, 15) is 4.79 Å². The Balaban J connectivity index is 1.47. The van der Waals surface area contributed by atoms with Gasteiger partial charge in [-0.3, -0.25) is 4.79 Å². The molecule has 0 aliphatic carbocycles. The minimum atomic E-state index is -0.0949. The lowest BCUT2D eigenvalue weighted by Gasteiger charge is -2.25. The Morgan fingerprint density at radius 2 is 1.69 bits per heavy atom. The fourth-order valence-corrected chi connectivity index (χ4v) is 6.48. The van der Waals surface area contributed by atoms with Gasteiger partial charge in [-0.25, -0.2) is 0 Å². The number of ether oxygens (including phenoxy) is 2. The highest BCUT2D eigenvalue weighted by Crippen LogP contribution is 2.43. The molecule has 2 aliphatic heterocycles. The summed E-state index contributed by atoms with van der Waals surface area (Å²) < 4.78 is 11.8. The monoisotopic (exact) mass is 429 g/mol. The van der Waals surface area contributed by atoms with Crippen LogP contribution in [0.5, 0.6) is 11.5 Å². The summed E-state index contributed by atoms with van der Waals surface area (Å²) in [6.45, 7) is 5.36. The lowest BCUT2D eigenvalue weighted by molar-refractivity contribution is 0.0925. The molecule has 0 aromatic heterocycles. The summed E-state index contributed by atoms with van der Waals surface area (Å²) in [4.78, 5) is 12.9. The van der Waals surface area contributed by atoms with Gasteiger partial charge in [-0.15, -0.1) is 23.5 Å². The van der Waals surface area contributed by atoms with Crippen molar-refractivity contribution in [2.24, 2.45) is 5.92 Å². The number of fused-ring (bicyclic) bond motifs is 1. The lowest BCUT2D eigenvalue weighted by atomic mass is 9.95. The Labute approximate surface area is 181 Å². The zero-order valence-electron chi connectivity index (χ0n) is 16.9. The summed E-state index contributed by atoms with van der Waals surface area (Å²) in [5.74, 6) is 4.14. The Bertz CT molecular complexity index is 848. The molecule has 1 fully saturated rings. The number of rotatable bonds is 5. The average Bonchev–Trinajstić information content (AvgIpc) is 2.77. The largest absolute Gasteiger partial charge is 0.486 e. The van der Waals surface area contributed by atoms with Crippen LogP contribution in [0.25, 0.3) is 0 Å². The fraction of sp³-hybridized carbons (Fsp3) is 0.435. The number of amides is 1. The average molecular weight is 430 g/mol. The summed E-state index contributed by atoms with van der Waals surface area (Å²) in [7, 11) is 0. The normalized spacial score (nSPS) is 17.8. The van der Waals surface area contributed by atoms with Crippen molar-refractivity contribution in [2.45, 2.75) is 30.9 Å². The molecule has 1 saturated heterocycles. The molecule has 4 rings (SSSR count). The zero-order chi connectivity index (χ0) is 20.2. The van der Waals surface area contributed by atoms with Crippen LogP contribution in [0.3, 0.4) is 0 Å². The third kappa shape index (κ3) is 4.86. The SMILES string of the molecule is CC(C)C(NC(=O)c1ccc(C2SCCCS2)cc1)c1ccc2c(c1)OCCO2. The summed E-state index contributed by atoms with van der Waals surface area (Å²) in [6.07, 6.45) is 1.28. The van der Waals surface area contributed by atoms with E-state index < -0.39 is 0 Å². The van der Waals surface area contributed by atoms with Crippen molar-refractivity contribution in [1.82, 2.24) is 5.32 Å². The first-order chi connectivity index (χ1) is 14.1. The molecule has 2 heterocycles. The highest BCUT2D eigenvalue weighted by molar-refractivity contribution is 8.16. The van der Waals surface area contributed by atoms with Crippen LogP contribution in [0.15, 0.2) is 42.5 Å².